The fraction of sp³-hybridized carbons (Fsp3) is 0.385. The van der Waals surface area contributed by atoms with Crippen molar-refractivity contribution in [1.29, 1.82) is 0 Å². The van der Waals surface area contributed by atoms with Gasteiger partial charge in [0.15, 0.2) is 6.10 Å². The summed E-state index contributed by atoms with van der Waals surface area (Å²) < 4.78 is 32.5. The van der Waals surface area contributed by atoms with Gasteiger partial charge in [0, 0.05) is 3.57 Å². The summed E-state index contributed by atoms with van der Waals surface area (Å²) in [5, 5.41) is 8.55. The monoisotopic (exact) mass is 398 g/mol. The van der Waals surface area contributed by atoms with E-state index in [1.54, 1.807) is 12.1 Å². The Balaban J connectivity index is 2.98. The van der Waals surface area contributed by atoms with Crippen molar-refractivity contribution in [2.24, 2.45) is 5.92 Å². The van der Waals surface area contributed by atoms with Gasteiger partial charge in [-0.2, -0.15) is 8.78 Å². The summed E-state index contributed by atoms with van der Waals surface area (Å²) in [4.78, 5) is 22.4. The van der Waals surface area contributed by atoms with Crippen LogP contribution in [-0.2, 0) is 9.53 Å². The van der Waals surface area contributed by atoms with Crippen LogP contribution in [0.15, 0.2) is 24.3 Å². The molecule has 0 aromatic heterocycles. The Labute approximate surface area is 128 Å². The first-order valence-corrected chi connectivity index (χ1v) is 6.82. The quantitative estimate of drug-likeness (QED) is 0.612. The molecular weight excluding hydrogens is 385 g/mol. The second kappa shape index (κ2) is 6.47. The number of carbonyl (C=O) groups excluding carboxylic acids is 1. The Morgan fingerprint density at radius 2 is 1.95 bits per heavy atom. The van der Waals surface area contributed by atoms with E-state index in [9.17, 15) is 18.4 Å². The Bertz CT molecular complexity index is 517. The average molecular weight is 398 g/mol. The van der Waals surface area contributed by atoms with Crippen LogP contribution in [0.4, 0.5) is 8.78 Å². The molecule has 1 atom stereocenters. The molecule has 0 radical (unpaired) electrons. The van der Waals surface area contributed by atoms with E-state index < -0.39 is 29.9 Å². The second-order valence-corrected chi connectivity index (χ2v) is 5.75. The van der Waals surface area contributed by atoms with E-state index in [2.05, 4.69) is 0 Å². The average Bonchev–Trinajstić information content (AvgIpc) is 2.34. The van der Waals surface area contributed by atoms with E-state index in [1.807, 2.05) is 22.6 Å². The number of hydrogen-bond acceptors (Lipinski definition) is 3. The van der Waals surface area contributed by atoms with Crippen molar-refractivity contribution in [1.82, 2.24) is 0 Å². The number of aliphatic carboxylic acids is 1. The van der Waals surface area contributed by atoms with E-state index in [4.69, 9.17) is 9.84 Å². The molecule has 0 aliphatic heterocycles. The van der Waals surface area contributed by atoms with E-state index in [0.29, 0.717) is 0 Å². The van der Waals surface area contributed by atoms with Gasteiger partial charge in [-0.3, -0.25) is 0 Å². The molecule has 0 spiro atoms. The molecule has 1 aromatic carbocycles. The van der Waals surface area contributed by atoms with Crippen LogP contribution in [0, 0.1) is 9.49 Å². The van der Waals surface area contributed by atoms with Gasteiger partial charge in [0.05, 0.1) is 5.56 Å². The molecule has 0 aliphatic rings. The van der Waals surface area contributed by atoms with Crippen LogP contribution >= 0.6 is 22.6 Å². The minimum Gasteiger partial charge on any atom is -0.477 e. The molecule has 0 fully saturated rings. The van der Waals surface area contributed by atoms with Crippen LogP contribution in [0.5, 0.6) is 0 Å². The molecule has 0 saturated carbocycles. The summed E-state index contributed by atoms with van der Waals surface area (Å²) in [5.74, 6) is -8.26. The maximum absolute atomic E-state index is 13.5. The van der Waals surface area contributed by atoms with Crippen molar-refractivity contribution in [3.63, 3.8) is 0 Å². The third kappa shape index (κ3) is 3.87. The van der Waals surface area contributed by atoms with Crippen LogP contribution in [0.3, 0.4) is 0 Å². The Morgan fingerprint density at radius 3 is 2.40 bits per heavy atom. The Hall–Kier alpha value is -1.25. The Kier molecular flexibility index (Phi) is 5.43. The number of alkyl halides is 2. The number of halogens is 3. The fourth-order valence-corrected chi connectivity index (χ4v) is 2.09. The third-order valence-corrected chi connectivity index (χ3v) is 3.21. The molecule has 4 nitrogen and oxygen atoms in total. The molecule has 1 aromatic rings. The minimum atomic E-state index is -4.13. The highest BCUT2D eigenvalue weighted by Gasteiger charge is 2.51. The second-order valence-electron chi connectivity index (χ2n) is 4.51. The van der Waals surface area contributed by atoms with Crippen molar-refractivity contribution in [2.75, 3.05) is 0 Å². The summed E-state index contributed by atoms with van der Waals surface area (Å²) in [6, 6.07) is 6.20. The standard InChI is InChI=1S/C13H13F2IO4/c1-7(2)10(13(14,15)12(18)19)20-11(17)8-4-3-5-9(16)6-8/h3-7,10H,1-2H3,(H,18,19). The zero-order valence-corrected chi connectivity index (χ0v) is 12.9. The maximum Gasteiger partial charge on any atom is 0.378 e. The van der Waals surface area contributed by atoms with E-state index in [-0.39, 0.29) is 5.56 Å². The highest BCUT2D eigenvalue weighted by Crippen LogP contribution is 2.28. The molecule has 0 bridgehead atoms. The number of carboxylic acid groups (broad SMARTS) is 1. The summed E-state index contributed by atoms with van der Waals surface area (Å²) in [7, 11) is 0. The highest BCUT2D eigenvalue weighted by molar-refractivity contribution is 14.1. The van der Waals surface area contributed by atoms with Crippen molar-refractivity contribution in [2.45, 2.75) is 25.9 Å². The number of esters is 1. The van der Waals surface area contributed by atoms with Crippen LogP contribution in [0.2, 0.25) is 0 Å². The molecule has 0 heterocycles. The van der Waals surface area contributed by atoms with Crippen LogP contribution in [-0.4, -0.2) is 29.1 Å². The zero-order chi connectivity index (χ0) is 15.5. The first kappa shape index (κ1) is 16.8. The number of ether oxygens (including phenoxy) is 1. The minimum absolute atomic E-state index is 0.101. The zero-order valence-electron chi connectivity index (χ0n) is 10.8. The number of carboxylic acids is 1. The predicted octanol–water partition coefficient (Wildman–Crippen LogP) is 3.19. The predicted molar refractivity (Wildman–Crippen MR) is 75.8 cm³/mol. The lowest BCUT2D eigenvalue weighted by atomic mass is 10.0. The van der Waals surface area contributed by atoms with Crippen molar-refractivity contribution < 1.29 is 28.2 Å². The summed E-state index contributed by atoms with van der Waals surface area (Å²) in [6.07, 6.45) is -2.02. The SMILES string of the molecule is CC(C)C(OC(=O)c1cccc(I)c1)C(F)(F)C(=O)O. The number of rotatable bonds is 5. The van der Waals surface area contributed by atoms with Gasteiger partial charge in [0.2, 0.25) is 0 Å². The first-order chi connectivity index (χ1) is 9.16. The molecule has 20 heavy (non-hydrogen) atoms. The largest absolute Gasteiger partial charge is 0.477 e. The highest BCUT2D eigenvalue weighted by atomic mass is 127. The topological polar surface area (TPSA) is 63.6 Å². The van der Waals surface area contributed by atoms with Crippen molar-refractivity contribution in [3.05, 3.63) is 33.4 Å². The summed E-state index contributed by atoms with van der Waals surface area (Å²) in [5.41, 5.74) is 0.101. The van der Waals surface area contributed by atoms with Crippen LogP contribution in [0.1, 0.15) is 24.2 Å². The third-order valence-electron chi connectivity index (χ3n) is 2.54. The van der Waals surface area contributed by atoms with Crippen molar-refractivity contribution in [3.8, 4) is 0 Å². The van der Waals surface area contributed by atoms with Gasteiger partial charge in [0.25, 0.3) is 0 Å². The first-order valence-electron chi connectivity index (χ1n) is 5.74. The lowest BCUT2D eigenvalue weighted by Crippen LogP contribution is -2.47. The molecular formula is C13H13F2IO4. The van der Waals surface area contributed by atoms with Gasteiger partial charge < -0.3 is 9.84 Å². The summed E-state index contributed by atoms with van der Waals surface area (Å²) in [6.45, 7) is 2.73. The maximum atomic E-state index is 13.5. The Morgan fingerprint density at radius 1 is 1.35 bits per heavy atom. The van der Waals surface area contributed by atoms with Crippen molar-refractivity contribution >= 4 is 34.5 Å². The molecule has 0 saturated heterocycles. The lowest BCUT2D eigenvalue weighted by molar-refractivity contribution is -0.187. The number of benzene rings is 1. The molecule has 7 heteroatoms. The van der Waals surface area contributed by atoms with Gasteiger partial charge in [-0.05, 0) is 46.7 Å². The van der Waals surface area contributed by atoms with Gasteiger partial charge in [-0.25, -0.2) is 9.59 Å². The van der Waals surface area contributed by atoms with Gasteiger partial charge in [-0.1, -0.05) is 19.9 Å². The van der Waals surface area contributed by atoms with Crippen LogP contribution in [0.25, 0.3) is 0 Å². The van der Waals surface area contributed by atoms with Crippen LogP contribution < -0.4 is 0 Å². The molecule has 1 unspecified atom stereocenters. The fourth-order valence-electron chi connectivity index (χ4n) is 1.55. The van der Waals surface area contributed by atoms with Gasteiger partial charge >= 0.3 is 17.9 Å². The van der Waals surface area contributed by atoms with E-state index >= 15 is 0 Å². The molecule has 110 valence electrons. The molecule has 1 rings (SSSR count). The van der Waals surface area contributed by atoms with E-state index in [0.717, 1.165) is 3.57 Å². The lowest BCUT2D eigenvalue weighted by Gasteiger charge is -2.26. The summed E-state index contributed by atoms with van der Waals surface area (Å²) >= 11 is 1.96. The van der Waals surface area contributed by atoms with Gasteiger partial charge in [-0.15, -0.1) is 0 Å². The smallest absolute Gasteiger partial charge is 0.378 e. The molecule has 0 amide bonds. The van der Waals surface area contributed by atoms with Gasteiger partial charge in [0.1, 0.15) is 0 Å². The molecule has 0 aliphatic carbocycles. The number of carbonyl (C=O) groups is 2. The number of hydrogen-bond donors (Lipinski definition) is 1. The normalized spacial score (nSPS) is 13.1. The van der Waals surface area contributed by atoms with E-state index in [1.165, 1.54) is 26.0 Å². The molecule has 1 N–H and O–H groups in total.